The summed E-state index contributed by atoms with van der Waals surface area (Å²) in [6, 6.07) is 17.5. The first-order valence-electron chi connectivity index (χ1n) is 10.00. The topological polar surface area (TPSA) is 100 Å². The summed E-state index contributed by atoms with van der Waals surface area (Å²) < 4.78 is 2.79. The second kappa shape index (κ2) is 8.97. The van der Waals surface area contributed by atoms with Crippen molar-refractivity contribution in [2.75, 3.05) is 0 Å². The molecule has 8 heteroatoms. The number of carbonyl (C=O) groups excluding carboxylic acids is 1. The number of aromatic nitrogens is 3. The molecule has 2 aromatic heterocycles. The van der Waals surface area contributed by atoms with Crippen molar-refractivity contribution in [3.05, 3.63) is 82.1 Å². The Labute approximate surface area is 184 Å². The average molecular weight is 437 g/mol. The molecule has 0 aliphatic heterocycles. The molecular formula is C23H24N4O3S. The minimum atomic E-state index is -1.61. The van der Waals surface area contributed by atoms with Crippen molar-refractivity contribution in [2.45, 2.75) is 39.1 Å². The number of aryl methyl sites for hydroxylation is 1. The summed E-state index contributed by atoms with van der Waals surface area (Å²) >= 11 is 1.26. The monoisotopic (exact) mass is 436 g/mol. The van der Waals surface area contributed by atoms with E-state index in [4.69, 9.17) is 0 Å². The van der Waals surface area contributed by atoms with Crippen molar-refractivity contribution in [3.8, 4) is 0 Å². The first-order chi connectivity index (χ1) is 14.9. The van der Waals surface area contributed by atoms with Crippen LogP contribution in [0.3, 0.4) is 0 Å². The van der Waals surface area contributed by atoms with Crippen LogP contribution in [-0.4, -0.2) is 37.0 Å². The molecular weight excluding hydrogens is 412 g/mol. The highest BCUT2D eigenvalue weighted by molar-refractivity contribution is 7.18. The number of thiazole rings is 1. The third kappa shape index (κ3) is 4.51. The Balaban J connectivity index is 1.42. The molecule has 2 heterocycles. The maximum atomic E-state index is 12.5. The van der Waals surface area contributed by atoms with Crippen molar-refractivity contribution in [1.29, 1.82) is 0 Å². The fourth-order valence-electron chi connectivity index (χ4n) is 3.48. The van der Waals surface area contributed by atoms with Gasteiger partial charge < -0.3 is 15.5 Å². The first kappa shape index (κ1) is 21.2. The summed E-state index contributed by atoms with van der Waals surface area (Å²) in [5.41, 5.74) is 4.52. The Morgan fingerprint density at radius 2 is 1.81 bits per heavy atom. The lowest BCUT2D eigenvalue weighted by atomic mass is 10.1. The van der Waals surface area contributed by atoms with Crippen LogP contribution in [0.4, 0.5) is 0 Å². The summed E-state index contributed by atoms with van der Waals surface area (Å²) in [5, 5.41) is 28.4. The first-order valence-corrected chi connectivity index (χ1v) is 10.8. The summed E-state index contributed by atoms with van der Waals surface area (Å²) in [4.78, 5) is 16.8. The predicted octanol–water partition coefficient (Wildman–Crippen LogP) is 2.87. The van der Waals surface area contributed by atoms with Crippen LogP contribution in [0, 0.1) is 13.8 Å². The van der Waals surface area contributed by atoms with E-state index in [2.05, 4.69) is 15.4 Å². The lowest BCUT2D eigenvalue weighted by Gasteiger charge is -2.15. The zero-order valence-electron chi connectivity index (χ0n) is 17.3. The fraction of sp³-hybridized carbons (Fsp3) is 0.261. The van der Waals surface area contributed by atoms with Crippen LogP contribution >= 0.6 is 11.3 Å². The number of nitrogens with zero attached hydrogens (tertiary/aromatic N) is 3. The Kier molecular flexibility index (Phi) is 6.13. The molecule has 0 radical (unpaired) electrons. The van der Waals surface area contributed by atoms with Gasteiger partial charge in [0, 0.05) is 17.8 Å². The number of benzene rings is 2. The lowest BCUT2D eigenvalue weighted by Crippen LogP contribution is -2.38. The van der Waals surface area contributed by atoms with Crippen LogP contribution in [0.1, 0.15) is 33.6 Å². The summed E-state index contributed by atoms with van der Waals surface area (Å²) in [6.45, 7) is 4.70. The van der Waals surface area contributed by atoms with Crippen LogP contribution in [0.5, 0.6) is 0 Å². The number of hydrogen-bond donors (Lipinski definition) is 3. The number of para-hydroxylation sites is 1. The molecule has 0 fully saturated rings. The number of nitrogens with one attached hydrogen (secondary N) is 1. The van der Waals surface area contributed by atoms with E-state index in [9.17, 15) is 15.0 Å². The molecule has 31 heavy (non-hydrogen) atoms. The SMILES string of the molecule is Cc1nn(Cc2ccccc2)c(C)c1CNC(=O)C(O)C(O)c1nc2ccccc2s1. The number of aliphatic hydroxyl groups excluding tert-OH is 2. The Bertz CT molecular complexity index is 1170. The molecule has 0 bridgehead atoms. The van der Waals surface area contributed by atoms with E-state index in [1.807, 2.05) is 73.1 Å². The predicted molar refractivity (Wildman–Crippen MR) is 120 cm³/mol. The Hall–Kier alpha value is -3.07. The van der Waals surface area contributed by atoms with E-state index in [-0.39, 0.29) is 6.54 Å². The van der Waals surface area contributed by atoms with Crippen molar-refractivity contribution >= 4 is 27.5 Å². The molecule has 2 unspecified atom stereocenters. The van der Waals surface area contributed by atoms with E-state index in [0.717, 1.165) is 32.7 Å². The molecule has 0 saturated heterocycles. The van der Waals surface area contributed by atoms with Gasteiger partial charge in [-0.05, 0) is 31.5 Å². The van der Waals surface area contributed by atoms with Crippen molar-refractivity contribution in [3.63, 3.8) is 0 Å². The fourth-order valence-corrected chi connectivity index (χ4v) is 4.46. The zero-order chi connectivity index (χ0) is 22.0. The van der Waals surface area contributed by atoms with Crippen molar-refractivity contribution in [1.82, 2.24) is 20.1 Å². The molecule has 160 valence electrons. The second-order valence-corrected chi connectivity index (χ2v) is 8.48. The standard InChI is InChI=1S/C23H24N4O3S/c1-14-17(15(2)27(26-14)13-16-8-4-3-5-9-16)12-24-22(30)20(28)21(29)23-25-18-10-6-7-11-19(18)31-23/h3-11,20-21,28-29H,12-13H2,1-2H3,(H,24,30). The quantitative estimate of drug-likeness (QED) is 0.414. The minimum absolute atomic E-state index is 0.217. The van der Waals surface area contributed by atoms with Crippen LogP contribution in [0.2, 0.25) is 0 Å². The maximum absolute atomic E-state index is 12.5. The molecule has 2 atom stereocenters. The smallest absolute Gasteiger partial charge is 0.252 e. The molecule has 1 amide bonds. The van der Waals surface area contributed by atoms with E-state index < -0.39 is 18.1 Å². The van der Waals surface area contributed by atoms with Crippen LogP contribution in [0.25, 0.3) is 10.2 Å². The number of aliphatic hydroxyl groups is 2. The largest absolute Gasteiger partial charge is 0.383 e. The van der Waals surface area contributed by atoms with Gasteiger partial charge in [0.2, 0.25) is 0 Å². The number of carbonyl (C=O) groups is 1. The highest BCUT2D eigenvalue weighted by Gasteiger charge is 2.28. The van der Waals surface area contributed by atoms with Crippen LogP contribution < -0.4 is 5.32 Å². The van der Waals surface area contributed by atoms with E-state index in [1.54, 1.807) is 0 Å². The van der Waals surface area contributed by atoms with Gasteiger partial charge in [0.25, 0.3) is 5.91 Å². The second-order valence-electron chi connectivity index (χ2n) is 7.42. The third-order valence-electron chi connectivity index (χ3n) is 5.28. The molecule has 0 saturated carbocycles. The van der Waals surface area contributed by atoms with E-state index in [1.165, 1.54) is 11.3 Å². The Morgan fingerprint density at radius 1 is 1.10 bits per heavy atom. The number of hydrogen-bond acceptors (Lipinski definition) is 6. The molecule has 2 aromatic carbocycles. The maximum Gasteiger partial charge on any atom is 0.252 e. The summed E-state index contributed by atoms with van der Waals surface area (Å²) in [7, 11) is 0. The number of fused-ring (bicyclic) bond motifs is 1. The van der Waals surface area contributed by atoms with Gasteiger partial charge in [-0.3, -0.25) is 9.48 Å². The summed E-state index contributed by atoms with van der Waals surface area (Å²) in [6.07, 6.45) is -3.00. The van der Waals surface area contributed by atoms with Crippen LogP contribution in [-0.2, 0) is 17.9 Å². The van der Waals surface area contributed by atoms with Gasteiger partial charge in [0.05, 0.1) is 22.5 Å². The molecule has 0 aliphatic rings. The molecule has 4 rings (SSSR count). The van der Waals surface area contributed by atoms with Gasteiger partial charge in [-0.2, -0.15) is 5.10 Å². The molecule has 4 aromatic rings. The number of rotatable bonds is 7. The van der Waals surface area contributed by atoms with Gasteiger partial charge in [-0.25, -0.2) is 4.98 Å². The lowest BCUT2D eigenvalue weighted by molar-refractivity contribution is -0.135. The Morgan fingerprint density at radius 3 is 2.55 bits per heavy atom. The molecule has 0 spiro atoms. The molecule has 3 N–H and O–H groups in total. The van der Waals surface area contributed by atoms with Gasteiger partial charge in [0.1, 0.15) is 11.1 Å². The zero-order valence-corrected chi connectivity index (χ0v) is 18.1. The summed E-state index contributed by atoms with van der Waals surface area (Å²) in [5.74, 6) is -0.652. The van der Waals surface area contributed by atoms with E-state index >= 15 is 0 Å². The van der Waals surface area contributed by atoms with Gasteiger partial charge in [-0.15, -0.1) is 11.3 Å². The highest BCUT2D eigenvalue weighted by Crippen LogP contribution is 2.28. The van der Waals surface area contributed by atoms with Crippen LogP contribution in [0.15, 0.2) is 54.6 Å². The van der Waals surface area contributed by atoms with Gasteiger partial charge >= 0.3 is 0 Å². The minimum Gasteiger partial charge on any atom is -0.383 e. The van der Waals surface area contributed by atoms with Crippen molar-refractivity contribution < 1.29 is 15.0 Å². The van der Waals surface area contributed by atoms with Gasteiger partial charge in [-0.1, -0.05) is 42.5 Å². The molecule has 7 nitrogen and oxygen atoms in total. The number of amides is 1. The normalized spacial score (nSPS) is 13.3. The van der Waals surface area contributed by atoms with Crippen molar-refractivity contribution in [2.24, 2.45) is 0 Å². The van der Waals surface area contributed by atoms with E-state index in [0.29, 0.717) is 11.6 Å². The molecule has 0 aliphatic carbocycles. The average Bonchev–Trinajstić information content (AvgIpc) is 3.32. The van der Waals surface area contributed by atoms with Gasteiger partial charge in [0.15, 0.2) is 6.10 Å². The third-order valence-corrected chi connectivity index (χ3v) is 6.38. The highest BCUT2D eigenvalue weighted by atomic mass is 32.1.